The summed E-state index contributed by atoms with van der Waals surface area (Å²) in [5, 5.41) is 13.8. The molecule has 5 nitrogen and oxygen atoms in total. The molecule has 0 bridgehead atoms. The number of nitro benzene ring substituents is 1. The van der Waals surface area contributed by atoms with Crippen LogP contribution < -0.4 is 5.32 Å². The maximum absolute atomic E-state index is 13.1. The molecule has 2 aromatic rings. The molecule has 1 aromatic heterocycles. The fourth-order valence-corrected chi connectivity index (χ4v) is 1.72. The Hall–Kier alpha value is -2.34. The van der Waals surface area contributed by atoms with Gasteiger partial charge >= 0.3 is 0 Å². The molecule has 0 radical (unpaired) electrons. The second-order valence-corrected chi connectivity index (χ2v) is 3.99. The average Bonchev–Trinajstić information content (AvgIpc) is 2.39. The van der Waals surface area contributed by atoms with Crippen LogP contribution in [0.2, 0.25) is 0 Å². The van der Waals surface area contributed by atoms with Crippen molar-refractivity contribution in [1.82, 2.24) is 10.3 Å². The lowest BCUT2D eigenvalue weighted by molar-refractivity contribution is -0.385. The SMILES string of the molecule is O=[N+]([O-])c1ccc(F)cc1CNCc1cccnc1. The van der Waals surface area contributed by atoms with Gasteiger partial charge in [0.25, 0.3) is 5.69 Å². The smallest absolute Gasteiger partial charge is 0.274 e. The molecular weight excluding hydrogens is 249 g/mol. The van der Waals surface area contributed by atoms with Crippen LogP contribution in [-0.4, -0.2) is 9.91 Å². The van der Waals surface area contributed by atoms with Gasteiger partial charge in [-0.1, -0.05) is 6.07 Å². The number of hydrogen-bond acceptors (Lipinski definition) is 4. The van der Waals surface area contributed by atoms with Crippen molar-refractivity contribution in [3.8, 4) is 0 Å². The normalized spacial score (nSPS) is 10.4. The first-order valence-corrected chi connectivity index (χ1v) is 5.69. The number of rotatable bonds is 5. The van der Waals surface area contributed by atoms with Crippen molar-refractivity contribution in [2.45, 2.75) is 13.1 Å². The summed E-state index contributed by atoms with van der Waals surface area (Å²) in [7, 11) is 0. The van der Waals surface area contributed by atoms with E-state index in [1.165, 1.54) is 12.1 Å². The highest BCUT2D eigenvalue weighted by Gasteiger charge is 2.13. The van der Waals surface area contributed by atoms with Gasteiger partial charge in [0, 0.05) is 37.1 Å². The topological polar surface area (TPSA) is 68.1 Å². The molecule has 0 aliphatic rings. The zero-order valence-electron chi connectivity index (χ0n) is 10.0. The van der Waals surface area contributed by atoms with Crippen LogP contribution in [0.25, 0.3) is 0 Å². The number of nitrogens with zero attached hydrogens (tertiary/aromatic N) is 2. The molecule has 98 valence electrons. The number of nitro groups is 1. The maximum atomic E-state index is 13.1. The van der Waals surface area contributed by atoms with Crippen molar-refractivity contribution < 1.29 is 9.31 Å². The summed E-state index contributed by atoms with van der Waals surface area (Å²) in [4.78, 5) is 14.3. The molecular formula is C13H12FN3O2. The van der Waals surface area contributed by atoms with Gasteiger partial charge < -0.3 is 5.32 Å². The minimum Gasteiger partial charge on any atom is -0.308 e. The van der Waals surface area contributed by atoms with E-state index in [1.807, 2.05) is 12.1 Å². The first-order valence-electron chi connectivity index (χ1n) is 5.69. The molecule has 1 aromatic carbocycles. The maximum Gasteiger partial charge on any atom is 0.274 e. The third-order valence-electron chi connectivity index (χ3n) is 2.61. The van der Waals surface area contributed by atoms with Crippen LogP contribution in [0.1, 0.15) is 11.1 Å². The Morgan fingerprint density at radius 1 is 1.32 bits per heavy atom. The molecule has 0 aliphatic carbocycles. The Bertz CT molecular complexity index is 575. The molecule has 1 N–H and O–H groups in total. The number of nitrogens with one attached hydrogen (secondary N) is 1. The van der Waals surface area contributed by atoms with Gasteiger partial charge in [0.1, 0.15) is 5.82 Å². The summed E-state index contributed by atoms with van der Waals surface area (Å²) in [6.45, 7) is 0.741. The van der Waals surface area contributed by atoms with E-state index in [2.05, 4.69) is 10.3 Å². The predicted octanol–water partition coefficient (Wildman–Crippen LogP) is 2.42. The van der Waals surface area contributed by atoms with Gasteiger partial charge in [-0.05, 0) is 23.8 Å². The van der Waals surface area contributed by atoms with Gasteiger partial charge in [0.15, 0.2) is 0 Å². The summed E-state index contributed by atoms with van der Waals surface area (Å²) in [5.74, 6) is -0.483. The molecule has 1 heterocycles. The summed E-state index contributed by atoms with van der Waals surface area (Å²) in [6.07, 6.45) is 3.37. The third-order valence-corrected chi connectivity index (χ3v) is 2.61. The van der Waals surface area contributed by atoms with Gasteiger partial charge in [-0.15, -0.1) is 0 Å². The number of halogens is 1. The quantitative estimate of drug-likeness (QED) is 0.663. The highest BCUT2D eigenvalue weighted by Crippen LogP contribution is 2.19. The van der Waals surface area contributed by atoms with Crippen molar-refractivity contribution >= 4 is 5.69 Å². The van der Waals surface area contributed by atoms with E-state index in [4.69, 9.17) is 0 Å². The fourth-order valence-electron chi connectivity index (χ4n) is 1.72. The molecule has 0 saturated carbocycles. The molecule has 0 fully saturated rings. The van der Waals surface area contributed by atoms with E-state index in [-0.39, 0.29) is 12.2 Å². The summed E-state index contributed by atoms with van der Waals surface area (Å²) >= 11 is 0. The van der Waals surface area contributed by atoms with Crippen molar-refractivity contribution in [3.63, 3.8) is 0 Å². The van der Waals surface area contributed by atoms with Gasteiger partial charge in [0.05, 0.1) is 4.92 Å². The van der Waals surface area contributed by atoms with Crippen molar-refractivity contribution in [2.75, 3.05) is 0 Å². The highest BCUT2D eigenvalue weighted by molar-refractivity contribution is 5.40. The largest absolute Gasteiger partial charge is 0.308 e. The Morgan fingerprint density at radius 2 is 2.16 bits per heavy atom. The zero-order chi connectivity index (χ0) is 13.7. The van der Waals surface area contributed by atoms with Crippen LogP contribution >= 0.6 is 0 Å². The van der Waals surface area contributed by atoms with Crippen LogP contribution in [0.15, 0.2) is 42.7 Å². The monoisotopic (exact) mass is 261 g/mol. The van der Waals surface area contributed by atoms with E-state index in [0.717, 1.165) is 11.6 Å². The van der Waals surface area contributed by atoms with Crippen LogP contribution in [0, 0.1) is 15.9 Å². The molecule has 0 atom stereocenters. The van der Waals surface area contributed by atoms with Gasteiger partial charge in [0.2, 0.25) is 0 Å². The van der Waals surface area contributed by atoms with Crippen molar-refractivity contribution in [2.24, 2.45) is 0 Å². The van der Waals surface area contributed by atoms with Crippen LogP contribution in [0.4, 0.5) is 10.1 Å². The summed E-state index contributed by atoms with van der Waals surface area (Å²) < 4.78 is 13.1. The summed E-state index contributed by atoms with van der Waals surface area (Å²) in [5.41, 5.74) is 1.20. The van der Waals surface area contributed by atoms with Crippen molar-refractivity contribution in [3.05, 3.63) is 69.8 Å². The minimum absolute atomic E-state index is 0.0833. The second kappa shape index (κ2) is 6.01. The number of pyridine rings is 1. The molecule has 0 saturated heterocycles. The molecule has 6 heteroatoms. The Kier molecular flexibility index (Phi) is 4.15. The third kappa shape index (κ3) is 3.56. The summed E-state index contributed by atoms with van der Waals surface area (Å²) in [6, 6.07) is 7.13. The Labute approximate surface area is 109 Å². The molecule has 0 aliphatic heterocycles. The van der Waals surface area contributed by atoms with Crippen LogP contribution in [0.3, 0.4) is 0 Å². The van der Waals surface area contributed by atoms with E-state index in [9.17, 15) is 14.5 Å². The standard InChI is InChI=1S/C13H12FN3O2/c14-12-3-4-13(17(18)19)11(6-12)9-16-8-10-2-1-5-15-7-10/h1-7,16H,8-9H2. The molecule has 0 amide bonds. The Balaban J connectivity index is 2.03. The lowest BCUT2D eigenvalue weighted by Gasteiger charge is -2.05. The molecule has 0 spiro atoms. The number of benzene rings is 1. The van der Waals surface area contributed by atoms with Crippen molar-refractivity contribution in [1.29, 1.82) is 0 Å². The van der Waals surface area contributed by atoms with Crippen LogP contribution in [0.5, 0.6) is 0 Å². The minimum atomic E-state index is -0.513. The van der Waals surface area contributed by atoms with E-state index >= 15 is 0 Å². The number of aromatic nitrogens is 1. The van der Waals surface area contributed by atoms with Gasteiger partial charge in [-0.2, -0.15) is 0 Å². The lowest BCUT2D eigenvalue weighted by atomic mass is 10.1. The lowest BCUT2D eigenvalue weighted by Crippen LogP contribution is -2.14. The highest BCUT2D eigenvalue weighted by atomic mass is 19.1. The second-order valence-electron chi connectivity index (χ2n) is 3.99. The van der Waals surface area contributed by atoms with Gasteiger partial charge in [-0.25, -0.2) is 4.39 Å². The van der Waals surface area contributed by atoms with E-state index in [1.54, 1.807) is 12.4 Å². The molecule has 19 heavy (non-hydrogen) atoms. The molecule has 0 unspecified atom stereocenters. The Morgan fingerprint density at radius 3 is 2.84 bits per heavy atom. The molecule has 2 rings (SSSR count). The average molecular weight is 261 g/mol. The zero-order valence-corrected chi connectivity index (χ0v) is 10.0. The first-order chi connectivity index (χ1) is 9.16. The predicted molar refractivity (Wildman–Crippen MR) is 67.8 cm³/mol. The first kappa shape index (κ1) is 13.1. The van der Waals surface area contributed by atoms with Gasteiger partial charge in [-0.3, -0.25) is 15.1 Å². The van der Waals surface area contributed by atoms with E-state index in [0.29, 0.717) is 12.1 Å². The fraction of sp³-hybridized carbons (Fsp3) is 0.154. The van der Waals surface area contributed by atoms with Crippen LogP contribution in [-0.2, 0) is 13.1 Å². The van der Waals surface area contributed by atoms with E-state index < -0.39 is 10.7 Å². The number of hydrogen-bond donors (Lipinski definition) is 1.